The van der Waals surface area contributed by atoms with Crippen LogP contribution in [0.3, 0.4) is 0 Å². The summed E-state index contributed by atoms with van der Waals surface area (Å²) in [5.74, 6) is 2.09. The smallest absolute Gasteiger partial charge is 0.126 e. The van der Waals surface area contributed by atoms with E-state index < -0.39 is 0 Å². The van der Waals surface area contributed by atoms with E-state index in [4.69, 9.17) is 0 Å². The summed E-state index contributed by atoms with van der Waals surface area (Å²) in [7, 11) is 0. The van der Waals surface area contributed by atoms with Crippen molar-refractivity contribution in [2.24, 2.45) is 0 Å². The molecule has 0 bridgehead atoms. The minimum atomic E-state index is 0.845. The lowest BCUT2D eigenvalue weighted by Gasteiger charge is -2.16. The molecule has 1 aliphatic rings. The van der Waals surface area contributed by atoms with Crippen molar-refractivity contribution < 1.29 is 0 Å². The van der Waals surface area contributed by atoms with Gasteiger partial charge < -0.3 is 0 Å². The van der Waals surface area contributed by atoms with Gasteiger partial charge in [0.1, 0.15) is 5.82 Å². The molecule has 18 heavy (non-hydrogen) atoms. The Morgan fingerprint density at radius 3 is 2.83 bits per heavy atom. The first kappa shape index (κ1) is 11.7. The highest BCUT2D eigenvalue weighted by Gasteiger charge is 2.11. The Morgan fingerprint density at radius 2 is 2.00 bits per heavy atom. The fraction of sp³-hybridized carbons (Fsp3) is 0.333. The molecule has 0 N–H and O–H groups in total. The van der Waals surface area contributed by atoms with E-state index in [1.54, 1.807) is 0 Å². The van der Waals surface area contributed by atoms with E-state index in [-0.39, 0.29) is 0 Å². The first-order valence-corrected chi connectivity index (χ1v) is 7.29. The predicted octanol–water partition coefficient (Wildman–Crippen LogP) is 3.80. The normalized spacial score (nSPS) is 14.3. The summed E-state index contributed by atoms with van der Waals surface area (Å²) in [6.45, 7) is 3.97. The molecule has 0 saturated heterocycles. The van der Waals surface area contributed by atoms with Crippen LogP contribution >= 0.6 is 11.8 Å². The van der Waals surface area contributed by atoms with Crippen LogP contribution in [0.5, 0.6) is 0 Å². The maximum absolute atomic E-state index is 4.54. The molecule has 0 aliphatic carbocycles. The standard InChI is InChI=1S/C15H16N2S/c1-10-8-14(17-11(2)16-10)12-5-6-15-13(9-12)4-3-7-18-15/h5-6,8-9H,3-4,7H2,1-2H3. The fourth-order valence-electron chi connectivity index (χ4n) is 2.38. The van der Waals surface area contributed by atoms with Crippen molar-refractivity contribution in [3.05, 3.63) is 41.3 Å². The topological polar surface area (TPSA) is 25.8 Å². The van der Waals surface area contributed by atoms with E-state index in [2.05, 4.69) is 34.2 Å². The molecule has 3 heteroatoms. The lowest BCUT2D eigenvalue weighted by Crippen LogP contribution is -1.99. The molecule has 2 nitrogen and oxygen atoms in total. The molecule has 3 rings (SSSR count). The zero-order chi connectivity index (χ0) is 12.5. The zero-order valence-electron chi connectivity index (χ0n) is 10.7. The minimum Gasteiger partial charge on any atom is -0.239 e. The molecule has 0 radical (unpaired) electrons. The second kappa shape index (κ2) is 4.73. The number of aromatic nitrogens is 2. The molecular formula is C15H16N2S. The first-order chi connectivity index (χ1) is 8.72. The van der Waals surface area contributed by atoms with Crippen molar-refractivity contribution in [3.63, 3.8) is 0 Å². The third kappa shape index (κ3) is 2.27. The van der Waals surface area contributed by atoms with E-state index in [0.29, 0.717) is 0 Å². The Kier molecular flexibility index (Phi) is 3.08. The minimum absolute atomic E-state index is 0.845. The van der Waals surface area contributed by atoms with Crippen LogP contribution in [0.25, 0.3) is 11.3 Å². The molecule has 1 aromatic carbocycles. The summed E-state index contributed by atoms with van der Waals surface area (Å²) in [5.41, 5.74) is 4.76. The Balaban J connectivity index is 2.06. The number of hydrogen-bond acceptors (Lipinski definition) is 3. The third-order valence-corrected chi connectivity index (χ3v) is 4.37. The van der Waals surface area contributed by atoms with Gasteiger partial charge in [-0.2, -0.15) is 0 Å². The zero-order valence-corrected chi connectivity index (χ0v) is 11.5. The summed E-state index contributed by atoms with van der Waals surface area (Å²) in [5, 5.41) is 0. The number of rotatable bonds is 1. The van der Waals surface area contributed by atoms with Crippen molar-refractivity contribution in [2.45, 2.75) is 31.6 Å². The molecular weight excluding hydrogens is 240 g/mol. The Bertz CT molecular complexity index is 573. The van der Waals surface area contributed by atoms with Gasteiger partial charge in [0.05, 0.1) is 5.69 Å². The van der Waals surface area contributed by atoms with E-state index in [9.17, 15) is 0 Å². The van der Waals surface area contributed by atoms with Gasteiger partial charge in [-0.15, -0.1) is 11.8 Å². The van der Waals surface area contributed by atoms with Gasteiger partial charge in [-0.3, -0.25) is 0 Å². The number of aryl methyl sites for hydroxylation is 3. The summed E-state index contributed by atoms with van der Waals surface area (Å²) < 4.78 is 0. The van der Waals surface area contributed by atoms with E-state index in [1.165, 1.54) is 34.6 Å². The van der Waals surface area contributed by atoms with Crippen LogP contribution in [-0.2, 0) is 6.42 Å². The summed E-state index contributed by atoms with van der Waals surface area (Å²) >= 11 is 1.97. The van der Waals surface area contributed by atoms with Gasteiger partial charge in [0, 0.05) is 16.2 Å². The van der Waals surface area contributed by atoms with Crippen LogP contribution in [0.4, 0.5) is 0 Å². The Morgan fingerprint density at radius 1 is 1.11 bits per heavy atom. The lowest BCUT2D eigenvalue weighted by atomic mass is 10.0. The molecule has 0 unspecified atom stereocenters. The van der Waals surface area contributed by atoms with Gasteiger partial charge in [0.25, 0.3) is 0 Å². The maximum atomic E-state index is 4.54. The second-order valence-corrected chi connectivity index (χ2v) is 5.85. The average Bonchev–Trinajstić information content (AvgIpc) is 2.37. The maximum Gasteiger partial charge on any atom is 0.126 e. The summed E-state index contributed by atoms with van der Waals surface area (Å²) in [6.07, 6.45) is 2.47. The molecule has 0 fully saturated rings. The molecule has 0 atom stereocenters. The van der Waals surface area contributed by atoms with E-state index in [0.717, 1.165) is 17.2 Å². The van der Waals surface area contributed by atoms with Crippen molar-refractivity contribution in [2.75, 3.05) is 5.75 Å². The Labute approximate surface area is 112 Å². The molecule has 0 spiro atoms. The SMILES string of the molecule is Cc1cc(-c2ccc3c(c2)CCCS3)nc(C)n1. The number of hydrogen-bond donors (Lipinski definition) is 0. The van der Waals surface area contributed by atoms with Gasteiger partial charge in [-0.05, 0) is 56.2 Å². The molecule has 0 saturated carbocycles. The largest absolute Gasteiger partial charge is 0.239 e. The average molecular weight is 256 g/mol. The van der Waals surface area contributed by atoms with Crippen LogP contribution in [-0.4, -0.2) is 15.7 Å². The van der Waals surface area contributed by atoms with Gasteiger partial charge in [0.15, 0.2) is 0 Å². The Hall–Kier alpha value is -1.35. The predicted molar refractivity (Wildman–Crippen MR) is 76.0 cm³/mol. The number of nitrogens with zero attached hydrogens (tertiary/aromatic N) is 2. The highest BCUT2D eigenvalue weighted by atomic mass is 32.2. The van der Waals surface area contributed by atoms with Crippen molar-refractivity contribution in [1.29, 1.82) is 0 Å². The molecule has 92 valence electrons. The lowest BCUT2D eigenvalue weighted by molar-refractivity contribution is 0.890. The van der Waals surface area contributed by atoms with Gasteiger partial charge in [-0.25, -0.2) is 9.97 Å². The highest BCUT2D eigenvalue weighted by molar-refractivity contribution is 7.99. The fourth-order valence-corrected chi connectivity index (χ4v) is 3.40. The second-order valence-electron chi connectivity index (χ2n) is 4.72. The summed E-state index contributed by atoms with van der Waals surface area (Å²) in [6, 6.07) is 8.77. The van der Waals surface area contributed by atoms with Gasteiger partial charge in [0.2, 0.25) is 0 Å². The van der Waals surface area contributed by atoms with Gasteiger partial charge >= 0.3 is 0 Å². The van der Waals surface area contributed by atoms with Crippen LogP contribution in [0, 0.1) is 13.8 Å². The molecule has 2 heterocycles. The van der Waals surface area contributed by atoms with Gasteiger partial charge in [-0.1, -0.05) is 6.07 Å². The van der Waals surface area contributed by atoms with Crippen LogP contribution in [0.15, 0.2) is 29.2 Å². The van der Waals surface area contributed by atoms with Crippen LogP contribution < -0.4 is 0 Å². The number of benzene rings is 1. The van der Waals surface area contributed by atoms with Crippen molar-refractivity contribution >= 4 is 11.8 Å². The monoisotopic (exact) mass is 256 g/mol. The number of thioether (sulfide) groups is 1. The molecule has 1 aromatic heterocycles. The number of fused-ring (bicyclic) bond motifs is 1. The van der Waals surface area contributed by atoms with Crippen LogP contribution in [0.1, 0.15) is 23.5 Å². The highest BCUT2D eigenvalue weighted by Crippen LogP contribution is 2.32. The van der Waals surface area contributed by atoms with Crippen molar-refractivity contribution in [1.82, 2.24) is 9.97 Å². The molecule has 2 aromatic rings. The summed E-state index contributed by atoms with van der Waals surface area (Å²) in [4.78, 5) is 10.3. The van der Waals surface area contributed by atoms with Crippen molar-refractivity contribution in [3.8, 4) is 11.3 Å². The third-order valence-electron chi connectivity index (χ3n) is 3.17. The van der Waals surface area contributed by atoms with Crippen LogP contribution in [0.2, 0.25) is 0 Å². The van der Waals surface area contributed by atoms with E-state index >= 15 is 0 Å². The molecule has 1 aliphatic heterocycles. The molecule has 0 amide bonds. The quantitative estimate of drug-likeness (QED) is 0.776. The first-order valence-electron chi connectivity index (χ1n) is 6.31. The van der Waals surface area contributed by atoms with E-state index in [1.807, 2.05) is 25.6 Å².